The van der Waals surface area contributed by atoms with E-state index in [2.05, 4.69) is 41.5 Å². The van der Waals surface area contributed by atoms with Crippen LogP contribution in [0.1, 0.15) is 375 Å². The Morgan fingerprint density at radius 3 is 0.826 bits per heavy atom. The van der Waals surface area contributed by atoms with E-state index in [0.29, 0.717) is 25.7 Å². The molecule has 0 heterocycles. The minimum atomic E-state index is -4.95. The van der Waals surface area contributed by atoms with Gasteiger partial charge >= 0.3 is 39.5 Å². The van der Waals surface area contributed by atoms with Gasteiger partial charge in [-0.15, -0.1) is 0 Å². The standard InChI is InChI=1S/C73H142O17P2/c1-7-10-12-14-16-18-19-20-21-22-23-24-27-32-39-45-51-57-72(77)89-68(62-84-71(76)56-50-44-38-31-28-25-26-30-35-41-47-53-65(4)5)63-87-91(79,80)85-59-67(74)60-86-92(81,82)88-64-69(61-83-70(75)55-49-43-37-29-17-15-13-11-8-2)90-73(78)58-52-46-40-34-33-36-42-48-54-66(6)9-3/h65-69,74H,7-64H2,1-6H3,(H,79,80)(H,81,82)/t66?,67-,68-,69-/m1/s1. The number of phosphoric ester groups is 2. The van der Waals surface area contributed by atoms with Gasteiger partial charge in [-0.1, -0.05) is 324 Å². The van der Waals surface area contributed by atoms with Crippen molar-refractivity contribution in [2.75, 3.05) is 39.6 Å². The Labute approximate surface area is 562 Å². The fraction of sp³-hybridized carbons (Fsp3) is 0.945. The predicted octanol–water partition coefficient (Wildman–Crippen LogP) is 21.2. The van der Waals surface area contributed by atoms with Crippen molar-refractivity contribution in [3.8, 4) is 0 Å². The van der Waals surface area contributed by atoms with Crippen molar-refractivity contribution >= 4 is 39.5 Å². The second-order valence-corrected chi connectivity index (χ2v) is 30.0. The van der Waals surface area contributed by atoms with E-state index in [4.69, 9.17) is 37.0 Å². The zero-order valence-corrected chi connectivity index (χ0v) is 61.6. The predicted molar refractivity (Wildman–Crippen MR) is 372 cm³/mol. The van der Waals surface area contributed by atoms with E-state index in [-0.39, 0.29) is 25.7 Å². The van der Waals surface area contributed by atoms with Crippen LogP contribution in [-0.4, -0.2) is 96.7 Å². The zero-order valence-electron chi connectivity index (χ0n) is 59.9. The number of unbranched alkanes of at least 4 members (excludes halogenated alkanes) is 41. The Balaban J connectivity index is 5.24. The molecule has 3 unspecified atom stereocenters. The first-order valence-electron chi connectivity index (χ1n) is 38.0. The highest BCUT2D eigenvalue weighted by Gasteiger charge is 2.30. The van der Waals surface area contributed by atoms with E-state index in [0.717, 1.165) is 102 Å². The SMILES string of the molecule is CCCCCCCCCCCCCCCCCCCC(=O)O[C@H](COC(=O)CCCCCCCCCCCCCC(C)C)COP(=O)(O)OC[C@@H](O)COP(=O)(O)OC[C@@H](COC(=O)CCCCCCCCCCC)OC(=O)CCCCCCCCCCC(C)CC. The lowest BCUT2D eigenvalue weighted by atomic mass is 9.99. The van der Waals surface area contributed by atoms with Crippen molar-refractivity contribution in [3.05, 3.63) is 0 Å². The van der Waals surface area contributed by atoms with Crippen LogP contribution in [0, 0.1) is 11.8 Å². The number of aliphatic hydroxyl groups is 1. The maximum absolute atomic E-state index is 13.1. The quantitative estimate of drug-likeness (QED) is 0.0222. The molecule has 3 N–H and O–H groups in total. The number of hydrogen-bond acceptors (Lipinski definition) is 15. The van der Waals surface area contributed by atoms with E-state index < -0.39 is 97.5 Å². The summed E-state index contributed by atoms with van der Waals surface area (Å²) in [6.45, 7) is 9.56. The van der Waals surface area contributed by atoms with E-state index in [1.165, 1.54) is 193 Å². The minimum absolute atomic E-state index is 0.105. The summed E-state index contributed by atoms with van der Waals surface area (Å²) in [5.41, 5.74) is 0. The van der Waals surface area contributed by atoms with E-state index in [1.54, 1.807) is 0 Å². The Bertz CT molecular complexity index is 1790. The summed E-state index contributed by atoms with van der Waals surface area (Å²) in [5, 5.41) is 10.6. The van der Waals surface area contributed by atoms with Gasteiger partial charge in [0.1, 0.15) is 19.3 Å². The maximum atomic E-state index is 13.1. The molecule has 0 aromatic heterocycles. The molecule has 546 valence electrons. The summed E-state index contributed by atoms with van der Waals surface area (Å²) in [7, 11) is -9.90. The second-order valence-electron chi connectivity index (χ2n) is 27.1. The van der Waals surface area contributed by atoms with Gasteiger partial charge in [0.05, 0.1) is 26.4 Å². The molecule has 0 spiro atoms. The number of ether oxygens (including phenoxy) is 4. The second kappa shape index (κ2) is 65.0. The van der Waals surface area contributed by atoms with Crippen LogP contribution in [0.5, 0.6) is 0 Å². The molecule has 0 fully saturated rings. The van der Waals surface area contributed by atoms with Crippen LogP contribution in [0.4, 0.5) is 0 Å². The molecular formula is C73H142O17P2. The van der Waals surface area contributed by atoms with Crippen molar-refractivity contribution in [2.45, 2.75) is 394 Å². The van der Waals surface area contributed by atoms with Crippen LogP contribution >= 0.6 is 15.6 Å². The van der Waals surface area contributed by atoms with Gasteiger partial charge in [-0.3, -0.25) is 37.3 Å². The molecule has 0 aromatic rings. The molecular weight excluding hydrogens is 1210 g/mol. The van der Waals surface area contributed by atoms with Crippen molar-refractivity contribution in [1.29, 1.82) is 0 Å². The average Bonchev–Trinajstić information content (AvgIpc) is 2.92. The van der Waals surface area contributed by atoms with Crippen LogP contribution in [0.15, 0.2) is 0 Å². The Morgan fingerprint density at radius 1 is 0.315 bits per heavy atom. The smallest absolute Gasteiger partial charge is 0.462 e. The normalized spacial score (nSPS) is 14.4. The highest BCUT2D eigenvalue weighted by Crippen LogP contribution is 2.45. The summed E-state index contributed by atoms with van der Waals surface area (Å²) in [4.78, 5) is 72.6. The van der Waals surface area contributed by atoms with Gasteiger partial charge in [-0.2, -0.15) is 0 Å². The fourth-order valence-corrected chi connectivity index (χ4v) is 12.7. The number of rotatable bonds is 72. The Kier molecular flexibility index (Phi) is 63.7. The number of esters is 4. The molecule has 0 saturated carbocycles. The first kappa shape index (κ1) is 90.1. The average molecular weight is 1350 g/mol. The monoisotopic (exact) mass is 1350 g/mol. The summed E-state index contributed by atoms with van der Waals surface area (Å²) >= 11 is 0. The molecule has 92 heavy (non-hydrogen) atoms. The molecule has 0 radical (unpaired) electrons. The minimum Gasteiger partial charge on any atom is -0.462 e. The Morgan fingerprint density at radius 2 is 0.554 bits per heavy atom. The molecule has 17 nitrogen and oxygen atoms in total. The van der Waals surface area contributed by atoms with E-state index >= 15 is 0 Å². The van der Waals surface area contributed by atoms with E-state index in [1.807, 2.05) is 0 Å². The molecule has 0 aliphatic heterocycles. The molecule has 0 bridgehead atoms. The summed E-state index contributed by atoms with van der Waals surface area (Å²) < 4.78 is 68.4. The molecule has 19 heteroatoms. The van der Waals surface area contributed by atoms with Gasteiger partial charge in [0.2, 0.25) is 0 Å². The topological polar surface area (TPSA) is 237 Å². The third kappa shape index (κ3) is 65.4. The van der Waals surface area contributed by atoms with Gasteiger partial charge in [0, 0.05) is 25.7 Å². The lowest BCUT2D eigenvalue weighted by Crippen LogP contribution is -2.30. The van der Waals surface area contributed by atoms with Gasteiger partial charge < -0.3 is 33.8 Å². The number of carbonyl (C=O) groups is 4. The number of hydrogen-bond donors (Lipinski definition) is 3. The number of phosphoric acid groups is 2. The molecule has 0 aliphatic carbocycles. The van der Waals surface area contributed by atoms with Gasteiger partial charge in [-0.05, 0) is 37.5 Å². The van der Waals surface area contributed by atoms with Gasteiger partial charge in [-0.25, -0.2) is 9.13 Å². The van der Waals surface area contributed by atoms with Crippen LogP contribution in [0.3, 0.4) is 0 Å². The third-order valence-corrected chi connectivity index (χ3v) is 19.2. The van der Waals surface area contributed by atoms with Crippen LogP contribution < -0.4 is 0 Å². The largest absolute Gasteiger partial charge is 0.472 e. The summed E-state index contributed by atoms with van der Waals surface area (Å²) in [6.07, 6.45) is 51.2. The lowest BCUT2D eigenvalue weighted by molar-refractivity contribution is -0.161. The van der Waals surface area contributed by atoms with Crippen molar-refractivity contribution in [3.63, 3.8) is 0 Å². The maximum Gasteiger partial charge on any atom is 0.472 e. The first-order valence-corrected chi connectivity index (χ1v) is 41.0. The highest BCUT2D eigenvalue weighted by molar-refractivity contribution is 7.47. The van der Waals surface area contributed by atoms with Gasteiger partial charge in [0.15, 0.2) is 12.2 Å². The summed E-state index contributed by atoms with van der Waals surface area (Å²) in [6, 6.07) is 0. The van der Waals surface area contributed by atoms with Crippen molar-refractivity contribution in [1.82, 2.24) is 0 Å². The molecule has 0 rings (SSSR count). The molecule has 0 saturated heterocycles. The Hall–Kier alpha value is -1.94. The number of aliphatic hydroxyl groups excluding tert-OH is 1. The van der Waals surface area contributed by atoms with Crippen LogP contribution in [-0.2, 0) is 65.4 Å². The number of carbonyl (C=O) groups excluding carboxylic acids is 4. The molecule has 0 aliphatic rings. The summed E-state index contributed by atoms with van der Waals surface area (Å²) in [5.74, 6) is -0.580. The zero-order chi connectivity index (χ0) is 67.9. The van der Waals surface area contributed by atoms with E-state index in [9.17, 15) is 43.2 Å². The first-order chi connectivity index (χ1) is 44.4. The third-order valence-electron chi connectivity index (χ3n) is 17.3. The lowest BCUT2D eigenvalue weighted by Gasteiger charge is -2.21. The fourth-order valence-electron chi connectivity index (χ4n) is 11.1. The molecule has 6 atom stereocenters. The highest BCUT2D eigenvalue weighted by atomic mass is 31.2. The van der Waals surface area contributed by atoms with Crippen LogP contribution in [0.2, 0.25) is 0 Å². The molecule has 0 amide bonds. The van der Waals surface area contributed by atoms with Gasteiger partial charge in [0.25, 0.3) is 0 Å². The molecule has 0 aromatic carbocycles. The van der Waals surface area contributed by atoms with Crippen molar-refractivity contribution < 1.29 is 80.2 Å². The van der Waals surface area contributed by atoms with Crippen molar-refractivity contribution in [2.24, 2.45) is 11.8 Å². The van der Waals surface area contributed by atoms with Crippen LogP contribution in [0.25, 0.3) is 0 Å².